The maximum absolute atomic E-state index is 12.6. The molecule has 0 bridgehead atoms. The summed E-state index contributed by atoms with van der Waals surface area (Å²) in [7, 11) is 0. The zero-order valence-electron chi connectivity index (χ0n) is 15.2. The molecule has 28 heavy (non-hydrogen) atoms. The SMILES string of the molecule is Cc1cccc(-c2n[nH]c(=S)n2CC(=O)Nc2ccc(-n3ccnc3)cc2)c1. The van der Waals surface area contributed by atoms with Crippen LogP contribution < -0.4 is 5.32 Å². The Morgan fingerprint density at radius 3 is 2.75 bits per heavy atom. The molecule has 0 radical (unpaired) electrons. The fourth-order valence-electron chi connectivity index (χ4n) is 2.94. The molecular formula is C20H18N6OS. The highest BCUT2D eigenvalue weighted by molar-refractivity contribution is 7.71. The molecular weight excluding hydrogens is 372 g/mol. The van der Waals surface area contributed by atoms with E-state index >= 15 is 0 Å². The highest BCUT2D eigenvalue weighted by Crippen LogP contribution is 2.19. The van der Waals surface area contributed by atoms with Gasteiger partial charge in [0.2, 0.25) is 5.91 Å². The molecule has 0 aliphatic heterocycles. The molecule has 0 atom stereocenters. The third kappa shape index (κ3) is 3.77. The molecule has 2 N–H and O–H groups in total. The Morgan fingerprint density at radius 2 is 2.04 bits per heavy atom. The number of nitrogens with zero attached hydrogens (tertiary/aromatic N) is 4. The Morgan fingerprint density at radius 1 is 1.21 bits per heavy atom. The summed E-state index contributed by atoms with van der Waals surface area (Å²) in [5, 5.41) is 9.96. The highest BCUT2D eigenvalue weighted by atomic mass is 32.1. The summed E-state index contributed by atoms with van der Waals surface area (Å²) in [6.45, 7) is 2.08. The summed E-state index contributed by atoms with van der Waals surface area (Å²) >= 11 is 5.31. The predicted molar refractivity (Wildman–Crippen MR) is 110 cm³/mol. The van der Waals surface area contributed by atoms with Gasteiger partial charge in [-0.3, -0.25) is 14.5 Å². The lowest BCUT2D eigenvalue weighted by molar-refractivity contribution is -0.116. The van der Waals surface area contributed by atoms with Gasteiger partial charge in [0.15, 0.2) is 10.6 Å². The first kappa shape index (κ1) is 17.9. The molecule has 4 aromatic rings. The number of hydrogen-bond acceptors (Lipinski definition) is 4. The molecule has 2 heterocycles. The molecule has 0 saturated carbocycles. The lowest BCUT2D eigenvalue weighted by atomic mass is 10.1. The van der Waals surface area contributed by atoms with E-state index in [1.54, 1.807) is 17.1 Å². The van der Waals surface area contributed by atoms with Gasteiger partial charge in [0.1, 0.15) is 6.54 Å². The Hall–Kier alpha value is -3.52. The van der Waals surface area contributed by atoms with Crippen LogP contribution in [0.3, 0.4) is 0 Å². The number of H-pyrrole nitrogens is 1. The zero-order valence-corrected chi connectivity index (χ0v) is 16.0. The van der Waals surface area contributed by atoms with Crippen molar-refractivity contribution in [2.75, 3.05) is 5.32 Å². The van der Waals surface area contributed by atoms with Crippen molar-refractivity contribution in [2.24, 2.45) is 0 Å². The van der Waals surface area contributed by atoms with Crippen molar-refractivity contribution >= 4 is 23.8 Å². The molecule has 2 aromatic carbocycles. The van der Waals surface area contributed by atoms with Crippen LogP contribution in [-0.4, -0.2) is 30.2 Å². The van der Waals surface area contributed by atoms with E-state index in [9.17, 15) is 4.79 Å². The first-order valence-electron chi connectivity index (χ1n) is 8.70. The normalized spacial score (nSPS) is 10.8. The summed E-state index contributed by atoms with van der Waals surface area (Å²) in [4.78, 5) is 16.6. The number of anilines is 1. The number of hydrogen-bond donors (Lipinski definition) is 2. The van der Waals surface area contributed by atoms with Crippen molar-refractivity contribution in [1.82, 2.24) is 24.3 Å². The van der Waals surface area contributed by atoms with Crippen molar-refractivity contribution in [3.05, 3.63) is 77.6 Å². The molecule has 140 valence electrons. The van der Waals surface area contributed by atoms with Crippen LogP contribution in [0.15, 0.2) is 67.3 Å². The minimum Gasteiger partial charge on any atom is -0.325 e. The van der Waals surface area contributed by atoms with Gasteiger partial charge in [-0.2, -0.15) is 5.10 Å². The van der Waals surface area contributed by atoms with Gasteiger partial charge in [0.25, 0.3) is 0 Å². The van der Waals surface area contributed by atoms with Crippen molar-refractivity contribution in [3.63, 3.8) is 0 Å². The minimum absolute atomic E-state index is 0.0713. The molecule has 0 saturated heterocycles. The number of carbonyl (C=O) groups is 1. The van der Waals surface area contributed by atoms with Gasteiger partial charge < -0.3 is 9.88 Å². The molecule has 2 aromatic heterocycles. The number of carbonyl (C=O) groups excluding carboxylic acids is 1. The monoisotopic (exact) mass is 390 g/mol. The van der Waals surface area contributed by atoms with Crippen LogP contribution in [0.2, 0.25) is 0 Å². The van der Waals surface area contributed by atoms with Gasteiger partial charge in [-0.05, 0) is 49.5 Å². The second kappa shape index (κ2) is 7.61. The molecule has 4 rings (SSSR count). The van der Waals surface area contributed by atoms with Crippen molar-refractivity contribution in [3.8, 4) is 17.1 Å². The first-order valence-corrected chi connectivity index (χ1v) is 9.11. The van der Waals surface area contributed by atoms with Crippen LogP contribution in [0.25, 0.3) is 17.1 Å². The number of imidazole rings is 1. The number of aromatic amines is 1. The van der Waals surface area contributed by atoms with Crippen LogP contribution in [0.5, 0.6) is 0 Å². The van der Waals surface area contributed by atoms with Crippen LogP contribution >= 0.6 is 12.2 Å². The van der Waals surface area contributed by atoms with Crippen LogP contribution in [0.4, 0.5) is 5.69 Å². The highest BCUT2D eigenvalue weighted by Gasteiger charge is 2.13. The molecule has 1 amide bonds. The lowest BCUT2D eigenvalue weighted by Crippen LogP contribution is -2.19. The average Bonchev–Trinajstić information content (AvgIpc) is 3.33. The molecule has 0 fully saturated rings. The van der Waals surface area contributed by atoms with Gasteiger partial charge in [0, 0.05) is 29.3 Å². The maximum Gasteiger partial charge on any atom is 0.244 e. The van der Waals surface area contributed by atoms with Gasteiger partial charge in [-0.25, -0.2) is 4.98 Å². The third-order valence-corrected chi connectivity index (χ3v) is 4.60. The largest absolute Gasteiger partial charge is 0.325 e. The first-order chi connectivity index (χ1) is 13.6. The summed E-state index contributed by atoms with van der Waals surface area (Å²) < 4.78 is 3.99. The summed E-state index contributed by atoms with van der Waals surface area (Å²) in [5.41, 5.74) is 3.69. The fraction of sp³-hybridized carbons (Fsp3) is 0.100. The summed E-state index contributed by atoms with van der Waals surface area (Å²) in [6.07, 6.45) is 5.30. The van der Waals surface area contributed by atoms with E-state index in [2.05, 4.69) is 20.5 Å². The Balaban J connectivity index is 1.50. The molecule has 7 nitrogen and oxygen atoms in total. The third-order valence-electron chi connectivity index (χ3n) is 4.29. The summed E-state index contributed by atoms with van der Waals surface area (Å²) in [5.74, 6) is 0.459. The smallest absolute Gasteiger partial charge is 0.244 e. The molecule has 0 unspecified atom stereocenters. The Kier molecular flexibility index (Phi) is 4.86. The van der Waals surface area contributed by atoms with E-state index in [0.29, 0.717) is 16.3 Å². The number of aryl methyl sites for hydroxylation is 1. The van der Waals surface area contributed by atoms with E-state index < -0.39 is 0 Å². The molecule has 8 heteroatoms. The lowest BCUT2D eigenvalue weighted by Gasteiger charge is -2.09. The van der Waals surface area contributed by atoms with Crippen molar-refractivity contribution in [2.45, 2.75) is 13.5 Å². The van der Waals surface area contributed by atoms with Crippen molar-refractivity contribution in [1.29, 1.82) is 0 Å². The second-order valence-electron chi connectivity index (χ2n) is 6.37. The maximum atomic E-state index is 12.6. The minimum atomic E-state index is -0.179. The van der Waals surface area contributed by atoms with Crippen molar-refractivity contribution < 1.29 is 4.79 Å². The van der Waals surface area contributed by atoms with Gasteiger partial charge in [-0.1, -0.05) is 23.8 Å². The van der Waals surface area contributed by atoms with Gasteiger partial charge in [0.05, 0.1) is 6.33 Å². The van der Waals surface area contributed by atoms with E-state index in [4.69, 9.17) is 12.2 Å². The topological polar surface area (TPSA) is 80.5 Å². The standard InChI is InChI=1S/C20H18N6OS/c1-14-3-2-4-15(11-14)19-23-24-20(28)26(19)12-18(27)22-16-5-7-17(8-6-16)25-10-9-21-13-25/h2-11,13H,12H2,1H3,(H,22,27)(H,24,28). The molecule has 0 aliphatic carbocycles. The number of amides is 1. The van der Waals surface area contributed by atoms with E-state index in [-0.39, 0.29) is 12.5 Å². The van der Waals surface area contributed by atoms with Gasteiger partial charge >= 0.3 is 0 Å². The van der Waals surface area contributed by atoms with E-state index in [1.807, 2.05) is 66.2 Å². The number of nitrogens with one attached hydrogen (secondary N) is 2. The zero-order chi connectivity index (χ0) is 19.5. The quantitative estimate of drug-likeness (QED) is 0.509. The Labute approximate surface area is 166 Å². The Bertz CT molecular complexity index is 1160. The number of aromatic nitrogens is 5. The fourth-order valence-corrected chi connectivity index (χ4v) is 3.14. The van der Waals surface area contributed by atoms with Crippen LogP contribution in [0, 0.1) is 11.7 Å². The van der Waals surface area contributed by atoms with Crippen LogP contribution in [0.1, 0.15) is 5.56 Å². The summed E-state index contributed by atoms with van der Waals surface area (Å²) in [6, 6.07) is 15.4. The molecule has 0 spiro atoms. The average molecular weight is 390 g/mol. The van der Waals surface area contributed by atoms with E-state index in [1.165, 1.54) is 0 Å². The predicted octanol–water partition coefficient (Wildman–Crippen LogP) is 3.74. The molecule has 0 aliphatic rings. The van der Waals surface area contributed by atoms with Gasteiger partial charge in [-0.15, -0.1) is 0 Å². The van der Waals surface area contributed by atoms with Crippen LogP contribution in [-0.2, 0) is 11.3 Å². The number of benzene rings is 2. The number of rotatable bonds is 5. The second-order valence-corrected chi connectivity index (χ2v) is 6.76. The van der Waals surface area contributed by atoms with E-state index in [0.717, 1.165) is 16.8 Å².